The van der Waals surface area contributed by atoms with Crippen LogP contribution in [-0.4, -0.2) is 94.5 Å². The van der Waals surface area contributed by atoms with E-state index in [0.29, 0.717) is 14.7 Å². The summed E-state index contributed by atoms with van der Waals surface area (Å²) < 4.78 is 23.5. The molecule has 4 heterocycles. The summed E-state index contributed by atoms with van der Waals surface area (Å²) in [5.41, 5.74) is 4.01. The van der Waals surface area contributed by atoms with Gasteiger partial charge in [-0.2, -0.15) is 0 Å². The molecule has 0 aliphatic carbocycles. The second-order valence-corrected chi connectivity index (χ2v) is 17.4. The predicted molar refractivity (Wildman–Crippen MR) is 227 cm³/mol. The number of aromatic nitrogens is 2. The summed E-state index contributed by atoms with van der Waals surface area (Å²) in [4.78, 5) is 64.5. The Bertz CT molecular complexity index is 2420. The number of carbonyl (C=O) groups excluding carboxylic acids is 3. The van der Waals surface area contributed by atoms with E-state index in [1.54, 1.807) is 43.7 Å². The minimum atomic E-state index is -1.03. The molecule has 0 bridgehead atoms. The number of β-amino-alcohol motifs (C(OH)–C–C–N with tert-alkyl or cyclic N) is 1. The predicted octanol–water partition coefficient (Wildman–Crippen LogP) is 5.73. The van der Waals surface area contributed by atoms with Crippen LogP contribution in [0.15, 0.2) is 72.3 Å². The van der Waals surface area contributed by atoms with E-state index in [1.165, 1.54) is 30.3 Å². The van der Waals surface area contributed by atoms with Crippen molar-refractivity contribution in [1.29, 1.82) is 0 Å². The number of amides is 3. The van der Waals surface area contributed by atoms with Crippen LogP contribution in [0.3, 0.4) is 0 Å². The monoisotopic (exact) mass is 955 g/mol. The number of hydrogen-bond acceptors (Lipinski definition) is 13. The summed E-state index contributed by atoms with van der Waals surface area (Å²) in [5, 5.41) is 26.4. The number of pyridine rings is 1. The van der Waals surface area contributed by atoms with Crippen LogP contribution in [-0.2, 0) is 25.7 Å². The molecular weight excluding hydrogens is 914 g/mol. The molecule has 3 atom stereocenters. The van der Waals surface area contributed by atoms with Crippen molar-refractivity contribution in [3.05, 3.63) is 84.6 Å². The Morgan fingerprint density at radius 2 is 1.85 bits per heavy atom. The number of halogens is 2. The second-order valence-electron chi connectivity index (χ2n) is 14.9. The Kier molecular flexibility index (Phi) is 13.8. The first-order valence-electron chi connectivity index (χ1n) is 18.5. The SMILES string of the molecule is COc1cc(-c2cc(=O)c3cc(Br)c(OCCOCC(=O)N[C@H](C(=O)N4C[C@H](O)C[C@H]4C(=O)NCc4ccc(-c5scnc5C)cc4)C(C)(C)C)c(Br)c3o2)ncc1O. The van der Waals surface area contributed by atoms with E-state index in [2.05, 4.69) is 52.5 Å². The molecule has 1 aliphatic rings. The van der Waals surface area contributed by atoms with Gasteiger partial charge < -0.3 is 44.4 Å². The molecule has 0 saturated carbocycles. The molecule has 3 aromatic heterocycles. The van der Waals surface area contributed by atoms with E-state index in [4.69, 9.17) is 18.6 Å². The van der Waals surface area contributed by atoms with E-state index in [0.717, 1.165) is 21.7 Å². The molecule has 1 aliphatic heterocycles. The number of fused-ring (bicyclic) bond motifs is 1. The highest BCUT2D eigenvalue weighted by Crippen LogP contribution is 2.40. The Hall–Kier alpha value is -4.88. The molecule has 59 heavy (non-hydrogen) atoms. The molecule has 1 saturated heterocycles. The van der Waals surface area contributed by atoms with Crippen LogP contribution in [0, 0.1) is 12.3 Å². The Morgan fingerprint density at radius 3 is 2.53 bits per heavy atom. The van der Waals surface area contributed by atoms with Gasteiger partial charge in [-0.15, -0.1) is 11.3 Å². The maximum absolute atomic E-state index is 14.0. The molecule has 0 radical (unpaired) electrons. The van der Waals surface area contributed by atoms with Crippen LogP contribution >= 0.6 is 43.2 Å². The lowest BCUT2D eigenvalue weighted by Gasteiger charge is -2.35. The highest BCUT2D eigenvalue weighted by atomic mass is 79.9. The maximum Gasteiger partial charge on any atom is 0.246 e. The van der Waals surface area contributed by atoms with Crippen molar-refractivity contribution in [2.45, 2.75) is 58.8 Å². The molecule has 0 unspecified atom stereocenters. The first-order valence-corrected chi connectivity index (χ1v) is 21.0. The minimum absolute atomic E-state index is 0.00333. The fourth-order valence-electron chi connectivity index (χ4n) is 6.54. The van der Waals surface area contributed by atoms with Gasteiger partial charge in [-0.25, -0.2) is 9.97 Å². The number of hydrogen-bond donors (Lipinski definition) is 4. The van der Waals surface area contributed by atoms with Gasteiger partial charge in [-0.3, -0.25) is 19.2 Å². The van der Waals surface area contributed by atoms with Gasteiger partial charge in [0.15, 0.2) is 34.0 Å². The summed E-state index contributed by atoms with van der Waals surface area (Å²) >= 11 is 8.49. The normalized spacial score (nSPS) is 15.9. The van der Waals surface area contributed by atoms with Crippen LogP contribution in [0.4, 0.5) is 0 Å². The summed E-state index contributed by atoms with van der Waals surface area (Å²) in [6.45, 7) is 7.11. The van der Waals surface area contributed by atoms with Gasteiger partial charge in [0.05, 0.1) is 52.0 Å². The van der Waals surface area contributed by atoms with E-state index < -0.39 is 47.9 Å². The number of methoxy groups -OCH3 is 1. The Labute approximate surface area is 360 Å². The highest BCUT2D eigenvalue weighted by Gasteiger charge is 2.44. The summed E-state index contributed by atoms with van der Waals surface area (Å²) in [5.74, 6) is -1.01. The fraction of sp³-hybridized carbons (Fsp3) is 0.366. The average molecular weight is 958 g/mol. The first kappa shape index (κ1) is 43.7. The molecule has 4 N–H and O–H groups in total. The van der Waals surface area contributed by atoms with Crippen LogP contribution in [0.2, 0.25) is 0 Å². The molecule has 0 spiro atoms. The zero-order chi connectivity index (χ0) is 42.6. The van der Waals surface area contributed by atoms with E-state index in [-0.39, 0.29) is 72.1 Å². The Balaban J connectivity index is 1.03. The number of carbonyl (C=O) groups is 3. The smallest absolute Gasteiger partial charge is 0.246 e. The van der Waals surface area contributed by atoms with E-state index in [1.807, 2.05) is 31.2 Å². The third-order valence-corrected chi connectivity index (χ3v) is 11.9. The van der Waals surface area contributed by atoms with Gasteiger partial charge in [0.1, 0.15) is 35.5 Å². The van der Waals surface area contributed by atoms with Gasteiger partial charge in [0, 0.05) is 31.6 Å². The molecular formula is C41H43Br2N5O10S. The first-order chi connectivity index (χ1) is 28.0. The topological polar surface area (TPSA) is 203 Å². The lowest BCUT2D eigenvalue weighted by atomic mass is 9.85. The van der Waals surface area contributed by atoms with Gasteiger partial charge in [-0.05, 0) is 61.4 Å². The van der Waals surface area contributed by atoms with Crippen molar-refractivity contribution in [3.63, 3.8) is 0 Å². The van der Waals surface area contributed by atoms with Crippen molar-refractivity contribution >= 4 is 71.9 Å². The number of rotatable bonds is 14. The number of ether oxygens (including phenoxy) is 3. The number of aryl methyl sites for hydroxylation is 1. The number of nitrogens with one attached hydrogen (secondary N) is 2. The summed E-state index contributed by atoms with van der Waals surface area (Å²) in [6.07, 6.45) is 0.350. The van der Waals surface area contributed by atoms with Crippen LogP contribution < -0.4 is 25.5 Å². The van der Waals surface area contributed by atoms with Crippen molar-refractivity contribution in [2.75, 3.05) is 33.5 Å². The van der Waals surface area contributed by atoms with Gasteiger partial charge in [0.25, 0.3) is 0 Å². The van der Waals surface area contributed by atoms with Crippen LogP contribution in [0.5, 0.6) is 17.2 Å². The van der Waals surface area contributed by atoms with Gasteiger partial charge in [-0.1, -0.05) is 45.0 Å². The Morgan fingerprint density at radius 1 is 1.10 bits per heavy atom. The zero-order valence-corrected chi connectivity index (χ0v) is 36.8. The number of aromatic hydroxyl groups is 1. The van der Waals surface area contributed by atoms with E-state index in [9.17, 15) is 29.4 Å². The largest absolute Gasteiger partial charge is 0.503 e. The van der Waals surface area contributed by atoms with Crippen LogP contribution in [0.1, 0.15) is 38.4 Å². The lowest BCUT2D eigenvalue weighted by Crippen LogP contribution is -2.58. The summed E-state index contributed by atoms with van der Waals surface area (Å²) in [6, 6.07) is 10.1. The van der Waals surface area contributed by atoms with Crippen molar-refractivity contribution < 1.29 is 43.2 Å². The molecule has 1 fully saturated rings. The molecule has 6 rings (SSSR count). The molecule has 5 aromatic rings. The lowest BCUT2D eigenvalue weighted by molar-refractivity contribution is -0.144. The van der Waals surface area contributed by atoms with Crippen molar-refractivity contribution in [3.8, 4) is 39.1 Å². The zero-order valence-electron chi connectivity index (χ0n) is 32.8. The number of aliphatic hydroxyl groups is 1. The quantitative estimate of drug-likeness (QED) is 0.0987. The minimum Gasteiger partial charge on any atom is -0.503 e. The summed E-state index contributed by atoms with van der Waals surface area (Å²) in [7, 11) is 1.39. The second kappa shape index (κ2) is 18.6. The molecule has 312 valence electrons. The van der Waals surface area contributed by atoms with Gasteiger partial charge >= 0.3 is 0 Å². The molecule has 18 heteroatoms. The van der Waals surface area contributed by atoms with E-state index >= 15 is 0 Å². The number of nitrogens with zero attached hydrogens (tertiary/aromatic N) is 3. The fourth-order valence-corrected chi connectivity index (χ4v) is 8.78. The maximum atomic E-state index is 14.0. The average Bonchev–Trinajstić information content (AvgIpc) is 3.82. The standard InChI is InChI=1S/C41H43Br2N5O10S/c1-21-37(59-20-46-21)23-8-6-22(7-9-23)16-45-39(53)28-12-24(49)18-48(28)40(54)38(41(2,3)4)47-33(52)19-56-10-11-57-36-26(42)13-25-29(50)15-31(58-35(25)34(36)43)27-14-32(55-5)30(51)17-44-27/h6-9,13-15,17,20,24,28,38,49,51H,10-12,16,18-19H2,1-5H3,(H,45,53)(H,47,52)/t24-,28+,38-/m1/s1. The molecule has 3 amide bonds. The highest BCUT2D eigenvalue weighted by molar-refractivity contribution is 9.11. The number of aliphatic hydroxyl groups excluding tert-OH is 1. The number of thiazole rings is 1. The molecule has 15 nitrogen and oxygen atoms in total. The number of benzene rings is 2. The molecule has 2 aromatic carbocycles. The van der Waals surface area contributed by atoms with Gasteiger partial charge in [0.2, 0.25) is 17.7 Å². The van der Waals surface area contributed by atoms with Crippen molar-refractivity contribution in [2.24, 2.45) is 5.41 Å². The third kappa shape index (κ3) is 10.1. The van der Waals surface area contributed by atoms with Crippen LogP contribution in [0.25, 0.3) is 32.9 Å². The number of likely N-dealkylation sites (tertiary alicyclic amines) is 1. The third-order valence-electron chi connectivity index (χ3n) is 9.61. The van der Waals surface area contributed by atoms with Crippen molar-refractivity contribution in [1.82, 2.24) is 25.5 Å².